The van der Waals surface area contributed by atoms with E-state index in [-0.39, 0.29) is 0 Å². The molecule has 0 unspecified atom stereocenters. The highest BCUT2D eigenvalue weighted by Gasteiger charge is 2.31. The molecule has 23 heavy (non-hydrogen) atoms. The molecular weight excluding hydrogens is 309 g/mol. The summed E-state index contributed by atoms with van der Waals surface area (Å²) in [5, 5.41) is 11.1. The van der Waals surface area contributed by atoms with Crippen LogP contribution < -0.4 is 10.2 Å². The number of fused-ring (bicyclic) bond motifs is 3. The van der Waals surface area contributed by atoms with E-state index in [1.165, 1.54) is 12.4 Å². The fourth-order valence-corrected chi connectivity index (χ4v) is 2.80. The Hall–Kier alpha value is -2.42. The van der Waals surface area contributed by atoms with Crippen LogP contribution in [0.5, 0.6) is 0 Å². The fourth-order valence-electron chi connectivity index (χ4n) is 2.80. The van der Waals surface area contributed by atoms with E-state index in [4.69, 9.17) is 0 Å². The number of nitrogens with one attached hydrogen (secondary N) is 1. The van der Waals surface area contributed by atoms with Crippen molar-refractivity contribution in [2.75, 3.05) is 31.1 Å². The molecule has 1 aliphatic heterocycles. The van der Waals surface area contributed by atoms with Crippen LogP contribution in [0, 0.1) is 0 Å². The lowest BCUT2D eigenvalue weighted by atomic mass is 10.2. The lowest BCUT2D eigenvalue weighted by Crippen LogP contribution is -2.44. The molecule has 0 atom stereocenters. The molecule has 3 aromatic rings. The molecule has 0 saturated carbocycles. The van der Waals surface area contributed by atoms with Crippen molar-refractivity contribution in [1.82, 2.24) is 24.9 Å². The molecule has 1 saturated heterocycles. The number of halogens is 3. The zero-order chi connectivity index (χ0) is 16.0. The number of aromatic nitrogens is 4. The third kappa shape index (κ3) is 2.37. The van der Waals surface area contributed by atoms with Gasteiger partial charge in [-0.1, -0.05) is 0 Å². The second-order valence-corrected chi connectivity index (χ2v) is 5.40. The maximum absolute atomic E-state index is 12.9. The average molecular weight is 322 g/mol. The van der Waals surface area contributed by atoms with Crippen LogP contribution in [0.1, 0.15) is 5.56 Å². The Kier molecular flexibility index (Phi) is 3.12. The summed E-state index contributed by atoms with van der Waals surface area (Å²) in [5.41, 5.74) is 0.591. The van der Waals surface area contributed by atoms with Gasteiger partial charge in [-0.05, 0) is 18.2 Å². The summed E-state index contributed by atoms with van der Waals surface area (Å²) < 4.78 is 40.4. The lowest BCUT2D eigenvalue weighted by Gasteiger charge is -2.28. The molecule has 1 N–H and O–H groups in total. The molecule has 2 aromatic heterocycles. The lowest BCUT2D eigenvalue weighted by molar-refractivity contribution is -0.137. The summed E-state index contributed by atoms with van der Waals surface area (Å²) in [6.45, 7) is 3.18. The van der Waals surface area contributed by atoms with Crippen molar-refractivity contribution in [2.24, 2.45) is 0 Å². The van der Waals surface area contributed by atoms with E-state index in [2.05, 4.69) is 25.4 Å². The van der Waals surface area contributed by atoms with Crippen molar-refractivity contribution in [3.05, 3.63) is 30.1 Å². The summed E-state index contributed by atoms with van der Waals surface area (Å²) in [5.74, 6) is 0.649. The van der Waals surface area contributed by atoms with E-state index in [1.54, 1.807) is 4.40 Å². The second-order valence-electron chi connectivity index (χ2n) is 5.40. The molecule has 4 rings (SSSR count). The zero-order valence-corrected chi connectivity index (χ0v) is 12.0. The Morgan fingerprint density at radius 3 is 2.65 bits per heavy atom. The molecule has 0 radical (unpaired) electrons. The number of hydrogen-bond acceptors (Lipinski definition) is 5. The van der Waals surface area contributed by atoms with Crippen LogP contribution in [0.25, 0.3) is 16.7 Å². The van der Waals surface area contributed by atoms with Crippen LogP contribution in [0.3, 0.4) is 0 Å². The third-order valence-electron chi connectivity index (χ3n) is 3.95. The summed E-state index contributed by atoms with van der Waals surface area (Å²) in [6, 6.07) is 3.52. The molecule has 0 bridgehead atoms. The van der Waals surface area contributed by atoms with Crippen molar-refractivity contribution < 1.29 is 13.2 Å². The van der Waals surface area contributed by atoms with Gasteiger partial charge in [0.15, 0.2) is 5.82 Å². The van der Waals surface area contributed by atoms with Gasteiger partial charge in [-0.15, -0.1) is 10.2 Å². The maximum Gasteiger partial charge on any atom is 0.416 e. The number of hydrogen-bond donors (Lipinski definition) is 1. The molecule has 9 heteroatoms. The minimum atomic E-state index is -4.40. The van der Waals surface area contributed by atoms with E-state index < -0.39 is 11.7 Å². The molecule has 6 nitrogen and oxygen atoms in total. The summed E-state index contributed by atoms with van der Waals surface area (Å²) >= 11 is 0. The summed E-state index contributed by atoms with van der Waals surface area (Å²) in [4.78, 5) is 6.60. The molecule has 1 aromatic carbocycles. The highest BCUT2D eigenvalue weighted by atomic mass is 19.4. The molecule has 0 aliphatic carbocycles. The summed E-state index contributed by atoms with van der Waals surface area (Å²) in [6.07, 6.45) is -2.98. The highest BCUT2D eigenvalue weighted by Crippen LogP contribution is 2.32. The standard InChI is InChI=1S/C14H13F3N6/c15-14(16,17)9-1-2-10-11(7-9)23-8-19-21-13(23)12(20-10)22-5-3-18-4-6-22/h1-2,7-8,18H,3-6H2. The van der Waals surface area contributed by atoms with Crippen molar-refractivity contribution in [3.8, 4) is 0 Å². The largest absolute Gasteiger partial charge is 0.416 e. The first-order valence-electron chi connectivity index (χ1n) is 7.20. The topological polar surface area (TPSA) is 58.4 Å². The molecule has 1 fully saturated rings. The number of anilines is 1. The number of rotatable bonds is 1. The second kappa shape index (κ2) is 5.05. The van der Waals surface area contributed by atoms with Gasteiger partial charge in [0.2, 0.25) is 5.65 Å². The Morgan fingerprint density at radius 2 is 1.91 bits per heavy atom. The van der Waals surface area contributed by atoms with Gasteiger partial charge in [-0.25, -0.2) is 4.98 Å². The first-order chi connectivity index (χ1) is 11.0. The number of benzene rings is 1. The van der Waals surface area contributed by atoms with Crippen LogP contribution in [0.4, 0.5) is 19.0 Å². The first-order valence-corrected chi connectivity index (χ1v) is 7.20. The van der Waals surface area contributed by atoms with E-state index in [0.29, 0.717) is 22.5 Å². The van der Waals surface area contributed by atoms with Crippen LogP contribution in [-0.4, -0.2) is 45.8 Å². The normalized spacial score (nSPS) is 16.4. The van der Waals surface area contributed by atoms with E-state index in [1.807, 2.05) is 0 Å². The quantitative estimate of drug-likeness (QED) is 0.739. The van der Waals surface area contributed by atoms with Crippen molar-refractivity contribution >= 4 is 22.5 Å². The summed E-state index contributed by atoms with van der Waals surface area (Å²) in [7, 11) is 0. The molecule has 0 spiro atoms. The van der Waals surface area contributed by atoms with Crippen LogP contribution in [-0.2, 0) is 6.18 Å². The molecule has 0 amide bonds. The number of nitrogens with zero attached hydrogens (tertiary/aromatic N) is 5. The van der Waals surface area contributed by atoms with Gasteiger partial charge in [-0.3, -0.25) is 4.40 Å². The van der Waals surface area contributed by atoms with E-state index in [9.17, 15) is 13.2 Å². The van der Waals surface area contributed by atoms with Crippen molar-refractivity contribution in [2.45, 2.75) is 6.18 Å². The zero-order valence-electron chi connectivity index (χ0n) is 12.0. The van der Waals surface area contributed by atoms with Gasteiger partial charge >= 0.3 is 6.18 Å². The minimum absolute atomic E-state index is 0.346. The van der Waals surface area contributed by atoms with Gasteiger partial charge in [0.05, 0.1) is 16.6 Å². The SMILES string of the molecule is FC(F)(F)c1ccc2nc(N3CCNCC3)c3nncn3c2c1. The Labute approximate surface area is 128 Å². The smallest absolute Gasteiger partial charge is 0.351 e. The van der Waals surface area contributed by atoms with Gasteiger partial charge in [0.25, 0.3) is 0 Å². The van der Waals surface area contributed by atoms with E-state index in [0.717, 1.165) is 38.3 Å². The first kappa shape index (κ1) is 14.2. The third-order valence-corrected chi connectivity index (χ3v) is 3.95. The predicted octanol–water partition coefficient (Wildman–Crippen LogP) is 1.71. The molecule has 120 valence electrons. The predicted molar refractivity (Wildman–Crippen MR) is 78.4 cm³/mol. The highest BCUT2D eigenvalue weighted by molar-refractivity contribution is 5.83. The van der Waals surface area contributed by atoms with Crippen LogP contribution in [0.15, 0.2) is 24.5 Å². The number of piperazine rings is 1. The Bertz CT molecular complexity index is 866. The number of alkyl halides is 3. The average Bonchev–Trinajstić information content (AvgIpc) is 3.03. The minimum Gasteiger partial charge on any atom is -0.351 e. The molecular formula is C14H13F3N6. The molecule has 3 heterocycles. The van der Waals surface area contributed by atoms with Crippen molar-refractivity contribution in [1.29, 1.82) is 0 Å². The fraction of sp³-hybridized carbons (Fsp3) is 0.357. The van der Waals surface area contributed by atoms with Gasteiger partial charge in [0, 0.05) is 26.2 Å². The monoisotopic (exact) mass is 322 g/mol. The van der Waals surface area contributed by atoms with Gasteiger partial charge in [0.1, 0.15) is 6.33 Å². The Balaban J connectivity index is 1.94. The maximum atomic E-state index is 12.9. The van der Waals surface area contributed by atoms with Gasteiger partial charge in [-0.2, -0.15) is 13.2 Å². The Morgan fingerprint density at radius 1 is 1.13 bits per heavy atom. The van der Waals surface area contributed by atoms with Crippen molar-refractivity contribution in [3.63, 3.8) is 0 Å². The van der Waals surface area contributed by atoms with Crippen LogP contribution >= 0.6 is 0 Å². The molecule has 1 aliphatic rings. The van der Waals surface area contributed by atoms with Gasteiger partial charge < -0.3 is 10.2 Å². The van der Waals surface area contributed by atoms with E-state index >= 15 is 0 Å². The van der Waals surface area contributed by atoms with Crippen LogP contribution in [0.2, 0.25) is 0 Å².